The van der Waals surface area contributed by atoms with E-state index in [4.69, 9.17) is 4.98 Å². The fourth-order valence-corrected chi connectivity index (χ4v) is 2.66. The zero-order valence-electron chi connectivity index (χ0n) is 14.4. The normalized spacial score (nSPS) is 15.3. The van der Waals surface area contributed by atoms with E-state index in [0.717, 1.165) is 37.8 Å². The van der Waals surface area contributed by atoms with Crippen molar-refractivity contribution in [3.05, 3.63) is 23.4 Å². The van der Waals surface area contributed by atoms with Crippen molar-refractivity contribution in [1.29, 1.82) is 0 Å². The van der Waals surface area contributed by atoms with Gasteiger partial charge in [-0.1, -0.05) is 34.1 Å². The van der Waals surface area contributed by atoms with Crippen LogP contribution < -0.4 is 10.2 Å². The van der Waals surface area contributed by atoms with Gasteiger partial charge in [0.25, 0.3) is 0 Å². The first-order chi connectivity index (χ1) is 9.87. The van der Waals surface area contributed by atoms with Crippen molar-refractivity contribution in [3.8, 4) is 0 Å². The molecule has 3 nitrogen and oxygen atoms in total. The maximum Gasteiger partial charge on any atom is 0.128 e. The van der Waals surface area contributed by atoms with Crippen LogP contribution in [0.2, 0.25) is 0 Å². The number of anilines is 1. The Morgan fingerprint density at radius 2 is 2.00 bits per heavy atom. The van der Waals surface area contributed by atoms with Crippen molar-refractivity contribution < 1.29 is 0 Å². The average molecular weight is 289 g/mol. The molecule has 1 aliphatic carbocycles. The highest BCUT2D eigenvalue weighted by Crippen LogP contribution is 2.22. The summed E-state index contributed by atoms with van der Waals surface area (Å²) in [6.07, 6.45) is 4.88. The topological polar surface area (TPSA) is 28.2 Å². The minimum absolute atomic E-state index is 0.281. The molecule has 0 unspecified atom stereocenters. The van der Waals surface area contributed by atoms with Crippen molar-refractivity contribution in [1.82, 2.24) is 10.3 Å². The number of aryl methyl sites for hydroxylation is 1. The molecule has 3 heteroatoms. The summed E-state index contributed by atoms with van der Waals surface area (Å²) in [5.41, 5.74) is 2.88. The SMILES string of the molecule is CCCc1cc(CNC2CC2)cc(N(C)CC(C)(C)C)n1. The summed E-state index contributed by atoms with van der Waals surface area (Å²) in [5.74, 6) is 1.11. The summed E-state index contributed by atoms with van der Waals surface area (Å²) >= 11 is 0. The molecule has 1 N–H and O–H groups in total. The fourth-order valence-electron chi connectivity index (χ4n) is 2.66. The van der Waals surface area contributed by atoms with Crippen LogP contribution in [-0.2, 0) is 13.0 Å². The predicted octanol–water partition coefficient (Wildman–Crippen LogP) is 3.77. The Bertz CT molecular complexity index is 458. The largest absolute Gasteiger partial charge is 0.359 e. The zero-order chi connectivity index (χ0) is 15.5. The number of nitrogens with zero attached hydrogens (tertiary/aromatic N) is 2. The van der Waals surface area contributed by atoms with E-state index >= 15 is 0 Å². The van der Waals surface area contributed by atoms with Crippen LogP contribution >= 0.6 is 0 Å². The van der Waals surface area contributed by atoms with Gasteiger partial charge < -0.3 is 10.2 Å². The van der Waals surface area contributed by atoms with Gasteiger partial charge in [-0.15, -0.1) is 0 Å². The quantitative estimate of drug-likeness (QED) is 0.828. The van der Waals surface area contributed by atoms with Crippen LogP contribution in [0, 0.1) is 5.41 Å². The van der Waals surface area contributed by atoms with Gasteiger partial charge in [-0.3, -0.25) is 0 Å². The summed E-state index contributed by atoms with van der Waals surface area (Å²) in [6.45, 7) is 11.0. The molecule has 1 aliphatic rings. The third kappa shape index (κ3) is 5.66. The van der Waals surface area contributed by atoms with Crippen LogP contribution in [0.3, 0.4) is 0 Å². The maximum absolute atomic E-state index is 4.85. The average Bonchev–Trinajstić information content (AvgIpc) is 3.18. The van der Waals surface area contributed by atoms with E-state index in [1.807, 2.05) is 0 Å². The lowest BCUT2D eigenvalue weighted by atomic mass is 9.96. The second-order valence-corrected chi connectivity index (χ2v) is 7.65. The molecule has 0 aliphatic heterocycles. The van der Waals surface area contributed by atoms with Gasteiger partial charge >= 0.3 is 0 Å². The molecule has 0 amide bonds. The number of nitrogens with one attached hydrogen (secondary N) is 1. The zero-order valence-corrected chi connectivity index (χ0v) is 14.4. The Kier molecular flexibility index (Phi) is 5.26. The van der Waals surface area contributed by atoms with Crippen LogP contribution in [0.25, 0.3) is 0 Å². The number of hydrogen-bond donors (Lipinski definition) is 1. The molecular weight excluding hydrogens is 258 g/mol. The van der Waals surface area contributed by atoms with Crippen molar-refractivity contribution in [3.63, 3.8) is 0 Å². The molecule has 2 rings (SSSR count). The van der Waals surface area contributed by atoms with E-state index in [0.29, 0.717) is 0 Å². The van der Waals surface area contributed by atoms with E-state index in [-0.39, 0.29) is 5.41 Å². The summed E-state index contributed by atoms with van der Waals surface area (Å²) in [5, 5.41) is 3.61. The standard InChI is InChI=1S/C18H31N3/c1-6-7-16-10-14(12-19-15-8-9-15)11-17(20-16)21(5)13-18(2,3)4/h10-11,15,19H,6-9,12-13H2,1-5H3. The molecule has 0 spiro atoms. The molecule has 0 radical (unpaired) electrons. The van der Waals surface area contributed by atoms with Crippen molar-refractivity contribution in [2.45, 2.75) is 66.0 Å². The predicted molar refractivity (Wildman–Crippen MR) is 90.8 cm³/mol. The maximum atomic E-state index is 4.85. The molecule has 118 valence electrons. The molecule has 1 aromatic heterocycles. The highest BCUT2D eigenvalue weighted by atomic mass is 15.2. The third-order valence-electron chi connectivity index (χ3n) is 3.71. The number of pyridine rings is 1. The van der Waals surface area contributed by atoms with Crippen LogP contribution in [0.15, 0.2) is 12.1 Å². The molecule has 1 fully saturated rings. The first kappa shape index (κ1) is 16.3. The lowest BCUT2D eigenvalue weighted by molar-refractivity contribution is 0.417. The third-order valence-corrected chi connectivity index (χ3v) is 3.71. The highest BCUT2D eigenvalue weighted by molar-refractivity contribution is 5.42. The molecule has 1 heterocycles. The second kappa shape index (κ2) is 6.78. The molecule has 21 heavy (non-hydrogen) atoms. The molecule has 0 aromatic carbocycles. The highest BCUT2D eigenvalue weighted by Gasteiger charge is 2.20. The van der Waals surface area contributed by atoms with Gasteiger partial charge in [0.05, 0.1) is 0 Å². The summed E-state index contributed by atoms with van der Waals surface area (Å²) in [6, 6.07) is 5.27. The van der Waals surface area contributed by atoms with E-state index in [1.54, 1.807) is 0 Å². The van der Waals surface area contributed by atoms with Crippen molar-refractivity contribution in [2.75, 3.05) is 18.5 Å². The lowest BCUT2D eigenvalue weighted by Crippen LogP contribution is -2.30. The van der Waals surface area contributed by atoms with Crippen LogP contribution in [0.1, 0.15) is 58.2 Å². The van der Waals surface area contributed by atoms with Gasteiger partial charge in [0.1, 0.15) is 5.82 Å². The summed E-state index contributed by atoms with van der Waals surface area (Å²) in [7, 11) is 2.15. The molecule has 1 aromatic rings. The first-order valence-electron chi connectivity index (χ1n) is 8.32. The number of rotatable bonds is 7. The van der Waals surface area contributed by atoms with E-state index < -0.39 is 0 Å². The Morgan fingerprint density at radius 1 is 1.29 bits per heavy atom. The molecule has 0 atom stereocenters. The van der Waals surface area contributed by atoms with Crippen LogP contribution in [0.4, 0.5) is 5.82 Å². The van der Waals surface area contributed by atoms with Gasteiger partial charge in [0, 0.05) is 31.9 Å². The van der Waals surface area contributed by atoms with Gasteiger partial charge in [-0.25, -0.2) is 4.98 Å². The van der Waals surface area contributed by atoms with E-state index in [1.165, 1.54) is 24.1 Å². The van der Waals surface area contributed by atoms with Gasteiger partial charge in [0.2, 0.25) is 0 Å². The lowest BCUT2D eigenvalue weighted by Gasteiger charge is -2.28. The van der Waals surface area contributed by atoms with Crippen molar-refractivity contribution >= 4 is 5.82 Å². The van der Waals surface area contributed by atoms with Gasteiger partial charge in [-0.2, -0.15) is 0 Å². The van der Waals surface area contributed by atoms with Crippen molar-refractivity contribution in [2.24, 2.45) is 5.41 Å². The minimum atomic E-state index is 0.281. The molecule has 0 bridgehead atoms. The molecule has 1 saturated carbocycles. The van der Waals surface area contributed by atoms with Gasteiger partial charge in [-0.05, 0) is 42.4 Å². The Morgan fingerprint density at radius 3 is 2.57 bits per heavy atom. The van der Waals surface area contributed by atoms with Gasteiger partial charge in [0.15, 0.2) is 0 Å². The Balaban J connectivity index is 2.12. The Hall–Kier alpha value is -1.09. The smallest absolute Gasteiger partial charge is 0.128 e. The second-order valence-electron chi connectivity index (χ2n) is 7.65. The first-order valence-corrected chi connectivity index (χ1v) is 8.32. The Labute approximate surface area is 130 Å². The number of aromatic nitrogens is 1. The minimum Gasteiger partial charge on any atom is -0.359 e. The molecular formula is C18H31N3. The number of hydrogen-bond acceptors (Lipinski definition) is 3. The fraction of sp³-hybridized carbons (Fsp3) is 0.722. The molecule has 0 saturated heterocycles. The summed E-state index contributed by atoms with van der Waals surface area (Å²) < 4.78 is 0. The summed E-state index contributed by atoms with van der Waals surface area (Å²) in [4.78, 5) is 7.14. The van der Waals surface area contributed by atoms with Crippen LogP contribution in [-0.4, -0.2) is 24.6 Å². The van der Waals surface area contributed by atoms with E-state index in [9.17, 15) is 0 Å². The van der Waals surface area contributed by atoms with Crippen LogP contribution in [0.5, 0.6) is 0 Å². The van der Waals surface area contributed by atoms with E-state index in [2.05, 4.69) is 57.1 Å². The monoisotopic (exact) mass is 289 g/mol.